The molecule has 2 aromatic rings. The molecule has 2 aliphatic heterocycles. The number of nitrogens with zero attached hydrogens (tertiary/aromatic N) is 2. The lowest BCUT2D eigenvalue weighted by atomic mass is 10.1. The van der Waals surface area contributed by atoms with E-state index in [0.29, 0.717) is 23.6 Å². The predicted octanol–water partition coefficient (Wildman–Crippen LogP) is 2.42. The summed E-state index contributed by atoms with van der Waals surface area (Å²) in [6.07, 6.45) is 0. The quantitative estimate of drug-likeness (QED) is 0.808. The van der Waals surface area contributed by atoms with Crippen LogP contribution in [-0.2, 0) is 0 Å². The molecule has 0 aromatic heterocycles. The van der Waals surface area contributed by atoms with E-state index in [0.717, 1.165) is 26.2 Å². The largest absolute Gasteiger partial charge is 0.454 e. The molecule has 124 valence electrons. The predicted molar refractivity (Wildman–Crippen MR) is 92.0 cm³/mol. The highest BCUT2D eigenvalue weighted by Gasteiger charge is 2.21. The second kappa shape index (κ2) is 6.53. The van der Waals surface area contributed by atoms with Gasteiger partial charge in [-0.15, -0.1) is 0 Å². The highest BCUT2D eigenvalue weighted by atomic mass is 16.7. The fourth-order valence-corrected chi connectivity index (χ4v) is 3.17. The average Bonchev–Trinajstić information content (AvgIpc) is 3.11. The van der Waals surface area contributed by atoms with Crippen LogP contribution in [0.1, 0.15) is 10.4 Å². The van der Waals surface area contributed by atoms with Gasteiger partial charge < -0.3 is 14.4 Å². The van der Waals surface area contributed by atoms with E-state index in [-0.39, 0.29) is 12.6 Å². The Hall–Kier alpha value is -2.53. The lowest BCUT2D eigenvalue weighted by Gasteiger charge is -2.35. The van der Waals surface area contributed by atoms with Crippen molar-refractivity contribution in [1.29, 1.82) is 0 Å². The molecule has 4 rings (SSSR count). The third kappa shape index (κ3) is 3.08. The second-order valence-corrected chi connectivity index (χ2v) is 6.09. The van der Waals surface area contributed by atoms with Gasteiger partial charge in [0.1, 0.15) is 0 Å². The highest BCUT2D eigenvalue weighted by molar-refractivity contribution is 5.98. The molecule has 2 heterocycles. The van der Waals surface area contributed by atoms with Gasteiger partial charge in [-0.3, -0.25) is 9.69 Å². The molecule has 1 fully saturated rings. The molecule has 0 bridgehead atoms. The number of carbonyl (C=O) groups excluding carboxylic acids is 1. The number of hydrogen-bond donors (Lipinski definition) is 0. The Balaban J connectivity index is 1.34. The molecule has 24 heavy (non-hydrogen) atoms. The monoisotopic (exact) mass is 324 g/mol. The number of ketones is 1. The van der Waals surface area contributed by atoms with Crippen LogP contribution in [-0.4, -0.2) is 50.2 Å². The smallest absolute Gasteiger partial charge is 0.231 e. The molecule has 0 spiro atoms. The van der Waals surface area contributed by atoms with Crippen molar-refractivity contribution in [2.24, 2.45) is 0 Å². The minimum atomic E-state index is 0.126. The van der Waals surface area contributed by atoms with Gasteiger partial charge >= 0.3 is 0 Å². The maximum absolute atomic E-state index is 12.5. The van der Waals surface area contributed by atoms with Crippen LogP contribution in [0.25, 0.3) is 0 Å². The number of ether oxygens (including phenoxy) is 2. The average molecular weight is 324 g/mol. The SMILES string of the molecule is O=C(CN1CCN(c2ccccc2)CC1)c1ccc2c(c1)OCO2. The summed E-state index contributed by atoms with van der Waals surface area (Å²) in [4.78, 5) is 17.1. The highest BCUT2D eigenvalue weighted by Crippen LogP contribution is 2.32. The van der Waals surface area contributed by atoms with E-state index in [1.165, 1.54) is 5.69 Å². The number of anilines is 1. The zero-order valence-corrected chi connectivity index (χ0v) is 13.5. The summed E-state index contributed by atoms with van der Waals surface area (Å²) in [7, 11) is 0. The summed E-state index contributed by atoms with van der Waals surface area (Å²) < 4.78 is 10.6. The molecule has 0 radical (unpaired) electrons. The molecule has 1 saturated heterocycles. The summed E-state index contributed by atoms with van der Waals surface area (Å²) in [5.41, 5.74) is 1.93. The molecule has 2 aromatic carbocycles. The van der Waals surface area contributed by atoms with Crippen LogP contribution in [0, 0.1) is 0 Å². The zero-order chi connectivity index (χ0) is 16.4. The van der Waals surface area contributed by atoms with Crippen molar-refractivity contribution in [3.63, 3.8) is 0 Å². The minimum absolute atomic E-state index is 0.126. The van der Waals surface area contributed by atoms with Crippen LogP contribution in [0.2, 0.25) is 0 Å². The van der Waals surface area contributed by atoms with Crippen molar-refractivity contribution >= 4 is 11.5 Å². The molecule has 0 saturated carbocycles. The Bertz CT molecular complexity index is 725. The number of hydrogen-bond acceptors (Lipinski definition) is 5. The number of piperazine rings is 1. The van der Waals surface area contributed by atoms with Crippen LogP contribution in [0.4, 0.5) is 5.69 Å². The van der Waals surface area contributed by atoms with E-state index in [1.54, 1.807) is 6.07 Å². The van der Waals surface area contributed by atoms with Gasteiger partial charge in [0, 0.05) is 37.4 Å². The lowest BCUT2D eigenvalue weighted by Crippen LogP contribution is -2.48. The Morgan fingerprint density at radius 3 is 2.46 bits per heavy atom. The second-order valence-electron chi connectivity index (χ2n) is 6.09. The first-order valence-electron chi connectivity index (χ1n) is 8.25. The minimum Gasteiger partial charge on any atom is -0.454 e. The van der Waals surface area contributed by atoms with Crippen LogP contribution < -0.4 is 14.4 Å². The molecule has 0 aliphatic carbocycles. The summed E-state index contributed by atoms with van der Waals surface area (Å²) in [6, 6.07) is 15.8. The number of rotatable bonds is 4. The van der Waals surface area contributed by atoms with E-state index in [1.807, 2.05) is 18.2 Å². The Kier molecular flexibility index (Phi) is 4.09. The number of carbonyl (C=O) groups is 1. The molecule has 0 N–H and O–H groups in total. The van der Waals surface area contributed by atoms with Gasteiger partial charge in [-0.1, -0.05) is 18.2 Å². The number of benzene rings is 2. The maximum atomic E-state index is 12.5. The molecular formula is C19H20N2O3. The Morgan fingerprint density at radius 1 is 0.917 bits per heavy atom. The van der Waals surface area contributed by atoms with Crippen molar-refractivity contribution in [2.45, 2.75) is 0 Å². The third-order valence-corrected chi connectivity index (χ3v) is 4.56. The number of Topliss-reactive ketones (excluding diaryl/α,β-unsaturated/α-hetero) is 1. The van der Waals surface area contributed by atoms with Gasteiger partial charge in [-0.25, -0.2) is 0 Å². The van der Waals surface area contributed by atoms with Crippen LogP contribution in [0.15, 0.2) is 48.5 Å². The topological polar surface area (TPSA) is 42.0 Å². The van der Waals surface area contributed by atoms with Gasteiger partial charge in [-0.05, 0) is 30.3 Å². The van der Waals surface area contributed by atoms with Crippen LogP contribution >= 0.6 is 0 Å². The van der Waals surface area contributed by atoms with Gasteiger partial charge in [-0.2, -0.15) is 0 Å². The van der Waals surface area contributed by atoms with E-state index in [4.69, 9.17) is 9.47 Å². The first-order valence-corrected chi connectivity index (χ1v) is 8.25. The summed E-state index contributed by atoms with van der Waals surface area (Å²) in [5.74, 6) is 1.50. The lowest BCUT2D eigenvalue weighted by molar-refractivity contribution is 0.0926. The zero-order valence-electron chi connectivity index (χ0n) is 13.5. The first kappa shape index (κ1) is 15.0. The molecular weight excluding hydrogens is 304 g/mol. The standard InChI is InChI=1S/C19H20N2O3/c22-17(15-6-7-18-19(12-15)24-14-23-18)13-20-8-10-21(11-9-20)16-4-2-1-3-5-16/h1-7,12H,8-11,13-14H2. The van der Waals surface area contributed by atoms with Crippen molar-refractivity contribution in [2.75, 3.05) is 44.4 Å². The van der Waals surface area contributed by atoms with E-state index in [9.17, 15) is 4.79 Å². The Labute approximate surface area is 141 Å². The van der Waals surface area contributed by atoms with E-state index >= 15 is 0 Å². The van der Waals surface area contributed by atoms with Crippen LogP contribution in [0.3, 0.4) is 0 Å². The third-order valence-electron chi connectivity index (χ3n) is 4.56. The maximum Gasteiger partial charge on any atom is 0.231 e. The van der Waals surface area contributed by atoms with Crippen molar-refractivity contribution in [3.8, 4) is 11.5 Å². The molecule has 5 heteroatoms. The molecule has 0 atom stereocenters. The number of para-hydroxylation sites is 1. The van der Waals surface area contributed by atoms with Gasteiger partial charge in [0.15, 0.2) is 17.3 Å². The van der Waals surface area contributed by atoms with E-state index in [2.05, 4.69) is 34.1 Å². The fourth-order valence-electron chi connectivity index (χ4n) is 3.17. The van der Waals surface area contributed by atoms with Crippen molar-refractivity contribution in [3.05, 3.63) is 54.1 Å². The fraction of sp³-hybridized carbons (Fsp3) is 0.316. The van der Waals surface area contributed by atoms with Gasteiger partial charge in [0.2, 0.25) is 6.79 Å². The summed E-state index contributed by atoms with van der Waals surface area (Å²) in [6.45, 7) is 4.35. The summed E-state index contributed by atoms with van der Waals surface area (Å²) >= 11 is 0. The Morgan fingerprint density at radius 2 is 1.67 bits per heavy atom. The normalized spacial score (nSPS) is 17.1. The molecule has 2 aliphatic rings. The van der Waals surface area contributed by atoms with Gasteiger partial charge in [0.05, 0.1) is 6.54 Å². The molecule has 0 unspecified atom stereocenters. The van der Waals surface area contributed by atoms with Crippen molar-refractivity contribution < 1.29 is 14.3 Å². The molecule has 5 nitrogen and oxygen atoms in total. The summed E-state index contributed by atoms with van der Waals surface area (Å²) in [5, 5.41) is 0. The van der Waals surface area contributed by atoms with E-state index < -0.39 is 0 Å². The number of fused-ring (bicyclic) bond motifs is 1. The van der Waals surface area contributed by atoms with Crippen LogP contribution in [0.5, 0.6) is 11.5 Å². The van der Waals surface area contributed by atoms with Crippen molar-refractivity contribution in [1.82, 2.24) is 4.90 Å². The first-order chi connectivity index (χ1) is 11.8. The molecule has 0 amide bonds. The van der Waals surface area contributed by atoms with Gasteiger partial charge in [0.25, 0.3) is 0 Å².